The molecule has 2 heterocycles. The van der Waals surface area contributed by atoms with Crippen molar-refractivity contribution in [1.29, 1.82) is 0 Å². The first-order chi connectivity index (χ1) is 13.2. The molecule has 9 heteroatoms. The first-order valence-corrected chi connectivity index (χ1v) is 9.95. The summed E-state index contributed by atoms with van der Waals surface area (Å²) in [6.45, 7) is 3.36. The molecule has 1 saturated heterocycles. The molecule has 0 saturated carbocycles. The van der Waals surface area contributed by atoms with E-state index in [-0.39, 0.29) is 23.8 Å². The van der Waals surface area contributed by atoms with Crippen molar-refractivity contribution in [1.82, 2.24) is 25.0 Å². The van der Waals surface area contributed by atoms with Crippen LogP contribution in [0.15, 0.2) is 41.8 Å². The van der Waals surface area contributed by atoms with Crippen LogP contribution in [0.5, 0.6) is 0 Å². The zero-order valence-electron chi connectivity index (χ0n) is 15.2. The van der Waals surface area contributed by atoms with Crippen molar-refractivity contribution >= 4 is 23.8 Å². The summed E-state index contributed by atoms with van der Waals surface area (Å²) in [5, 5.41) is 7.96. The van der Waals surface area contributed by atoms with Gasteiger partial charge in [-0.05, 0) is 31.9 Å². The van der Waals surface area contributed by atoms with Gasteiger partial charge in [0.25, 0.3) is 0 Å². The molecule has 1 aromatic carbocycles. The Labute approximate surface area is 162 Å². The van der Waals surface area contributed by atoms with Crippen molar-refractivity contribution < 1.29 is 14.3 Å². The summed E-state index contributed by atoms with van der Waals surface area (Å²) < 4.78 is 6.69. The number of para-hydroxylation sites is 1. The van der Waals surface area contributed by atoms with Gasteiger partial charge in [-0.15, -0.1) is 5.10 Å². The second-order valence-corrected chi connectivity index (χ2v) is 7.07. The first kappa shape index (κ1) is 19.2. The lowest BCUT2D eigenvalue weighted by Crippen LogP contribution is -2.47. The van der Waals surface area contributed by atoms with Crippen LogP contribution in [-0.2, 0) is 9.53 Å². The maximum atomic E-state index is 12.2. The van der Waals surface area contributed by atoms with Gasteiger partial charge in [-0.3, -0.25) is 4.79 Å². The number of nitrogens with one attached hydrogen (secondary N) is 1. The van der Waals surface area contributed by atoms with E-state index in [1.807, 2.05) is 30.3 Å². The fourth-order valence-corrected chi connectivity index (χ4v) is 3.45. The number of amides is 2. The highest BCUT2D eigenvalue weighted by molar-refractivity contribution is 7.99. The Kier molecular flexibility index (Phi) is 6.69. The van der Waals surface area contributed by atoms with E-state index < -0.39 is 0 Å². The smallest absolute Gasteiger partial charge is 0.409 e. The van der Waals surface area contributed by atoms with Gasteiger partial charge in [0.05, 0.1) is 18.0 Å². The summed E-state index contributed by atoms with van der Waals surface area (Å²) in [7, 11) is 0. The van der Waals surface area contributed by atoms with Crippen LogP contribution in [0.2, 0.25) is 0 Å². The third kappa shape index (κ3) is 5.46. The number of hydrogen-bond donors (Lipinski definition) is 1. The van der Waals surface area contributed by atoms with Gasteiger partial charge in [-0.25, -0.2) is 14.5 Å². The number of ether oxygens (including phenoxy) is 1. The minimum atomic E-state index is -0.280. The number of carbonyl (C=O) groups excluding carboxylic acids is 2. The van der Waals surface area contributed by atoms with Gasteiger partial charge in [-0.2, -0.15) is 0 Å². The quantitative estimate of drug-likeness (QED) is 0.761. The number of aromatic nitrogens is 3. The van der Waals surface area contributed by atoms with E-state index in [1.165, 1.54) is 11.8 Å². The van der Waals surface area contributed by atoms with E-state index in [9.17, 15) is 9.59 Å². The van der Waals surface area contributed by atoms with Crippen molar-refractivity contribution in [2.75, 3.05) is 25.4 Å². The van der Waals surface area contributed by atoms with Crippen molar-refractivity contribution in [3.8, 4) is 5.69 Å². The number of nitrogens with zero attached hydrogens (tertiary/aromatic N) is 4. The molecule has 0 unspecified atom stereocenters. The molecule has 0 atom stereocenters. The molecule has 0 spiro atoms. The number of rotatable bonds is 6. The minimum absolute atomic E-state index is 0.0503. The van der Waals surface area contributed by atoms with Crippen LogP contribution in [0.25, 0.3) is 5.69 Å². The summed E-state index contributed by atoms with van der Waals surface area (Å²) in [5.74, 6) is 0.210. The fraction of sp³-hybridized carbons (Fsp3) is 0.444. The molecule has 3 rings (SSSR count). The number of piperidine rings is 1. The van der Waals surface area contributed by atoms with Crippen LogP contribution >= 0.6 is 11.8 Å². The second-order valence-electron chi connectivity index (χ2n) is 6.12. The normalized spacial score (nSPS) is 14.8. The van der Waals surface area contributed by atoms with Crippen LogP contribution < -0.4 is 5.32 Å². The lowest BCUT2D eigenvalue weighted by molar-refractivity contribution is -0.119. The Hall–Kier alpha value is -2.55. The van der Waals surface area contributed by atoms with Crippen LogP contribution in [0.3, 0.4) is 0 Å². The summed E-state index contributed by atoms with van der Waals surface area (Å²) >= 11 is 1.31. The van der Waals surface area contributed by atoms with Gasteiger partial charge in [0.15, 0.2) is 0 Å². The molecule has 0 aliphatic carbocycles. The monoisotopic (exact) mass is 389 g/mol. The van der Waals surface area contributed by atoms with Gasteiger partial charge in [0.2, 0.25) is 11.1 Å². The Morgan fingerprint density at radius 2 is 2.00 bits per heavy atom. The van der Waals surface area contributed by atoms with Gasteiger partial charge < -0.3 is 15.0 Å². The van der Waals surface area contributed by atoms with Crippen molar-refractivity contribution in [2.45, 2.75) is 31.0 Å². The highest BCUT2D eigenvalue weighted by Gasteiger charge is 2.24. The molecule has 1 fully saturated rings. The maximum absolute atomic E-state index is 12.2. The molecule has 8 nitrogen and oxygen atoms in total. The van der Waals surface area contributed by atoms with Gasteiger partial charge in [0.1, 0.15) is 6.33 Å². The van der Waals surface area contributed by atoms with E-state index >= 15 is 0 Å². The topological polar surface area (TPSA) is 89.4 Å². The summed E-state index contributed by atoms with van der Waals surface area (Å²) in [6, 6.07) is 9.78. The number of hydrogen-bond acceptors (Lipinski definition) is 6. The molecule has 2 amide bonds. The highest BCUT2D eigenvalue weighted by atomic mass is 32.2. The summed E-state index contributed by atoms with van der Waals surface area (Å²) in [4.78, 5) is 29.8. The van der Waals surface area contributed by atoms with Gasteiger partial charge in [0, 0.05) is 19.1 Å². The molecular weight excluding hydrogens is 366 g/mol. The molecule has 2 aromatic rings. The Morgan fingerprint density at radius 3 is 2.70 bits per heavy atom. The third-order valence-electron chi connectivity index (χ3n) is 4.21. The molecule has 1 aliphatic rings. The van der Waals surface area contributed by atoms with Crippen LogP contribution in [-0.4, -0.2) is 63.2 Å². The zero-order chi connectivity index (χ0) is 19.1. The van der Waals surface area contributed by atoms with Crippen molar-refractivity contribution in [3.63, 3.8) is 0 Å². The number of thioether (sulfide) groups is 1. The summed E-state index contributed by atoms with van der Waals surface area (Å²) in [5.41, 5.74) is 0.926. The number of carbonyl (C=O) groups is 2. The zero-order valence-corrected chi connectivity index (χ0v) is 16.0. The number of likely N-dealkylation sites (tertiary alicyclic amines) is 1. The Balaban J connectivity index is 1.41. The van der Waals surface area contributed by atoms with E-state index in [0.717, 1.165) is 18.5 Å². The van der Waals surface area contributed by atoms with Crippen LogP contribution in [0.4, 0.5) is 4.79 Å². The highest BCUT2D eigenvalue weighted by Crippen LogP contribution is 2.15. The van der Waals surface area contributed by atoms with E-state index in [1.54, 1.807) is 22.8 Å². The second kappa shape index (κ2) is 9.40. The fourth-order valence-electron chi connectivity index (χ4n) is 2.84. The predicted octanol–water partition coefficient (Wildman–Crippen LogP) is 2.10. The molecule has 27 heavy (non-hydrogen) atoms. The minimum Gasteiger partial charge on any atom is -0.450 e. The van der Waals surface area contributed by atoms with Gasteiger partial charge >= 0.3 is 6.09 Å². The van der Waals surface area contributed by atoms with E-state index in [0.29, 0.717) is 24.9 Å². The molecule has 1 N–H and O–H groups in total. The van der Waals surface area contributed by atoms with E-state index in [2.05, 4.69) is 15.4 Å². The molecule has 0 radical (unpaired) electrons. The Bertz CT molecular complexity index is 759. The van der Waals surface area contributed by atoms with Crippen LogP contribution in [0.1, 0.15) is 19.8 Å². The first-order valence-electron chi connectivity index (χ1n) is 8.96. The van der Waals surface area contributed by atoms with Crippen molar-refractivity contribution in [3.05, 3.63) is 36.7 Å². The third-order valence-corrected chi connectivity index (χ3v) is 5.06. The molecule has 1 aliphatic heterocycles. The average molecular weight is 389 g/mol. The summed E-state index contributed by atoms with van der Waals surface area (Å²) in [6.07, 6.45) is 2.82. The van der Waals surface area contributed by atoms with Gasteiger partial charge in [-0.1, -0.05) is 30.0 Å². The maximum Gasteiger partial charge on any atom is 0.409 e. The lowest BCUT2D eigenvalue weighted by Gasteiger charge is -2.31. The lowest BCUT2D eigenvalue weighted by atomic mass is 10.1. The molecular formula is C18H23N5O3S. The predicted molar refractivity (Wildman–Crippen MR) is 102 cm³/mol. The van der Waals surface area contributed by atoms with Crippen LogP contribution in [0, 0.1) is 0 Å². The van der Waals surface area contributed by atoms with E-state index in [4.69, 9.17) is 4.74 Å². The van der Waals surface area contributed by atoms with Crippen molar-refractivity contribution in [2.24, 2.45) is 0 Å². The largest absolute Gasteiger partial charge is 0.450 e. The molecule has 144 valence electrons. The molecule has 1 aromatic heterocycles. The SMILES string of the molecule is CCOC(=O)N1CCC(NC(=O)CSc2ncn(-c3ccccc3)n2)CC1. The average Bonchev–Trinajstić information content (AvgIpc) is 3.17. The standard InChI is InChI=1S/C18H23N5O3S/c1-2-26-18(25)22-10-8-14(9-11-22)20-16(24)12-27-17-19-13-23(21-17)15-6-4-3-5-7-15/h3-7,13-14H,2,8-12H2,1H3,(H,20,24). The number of benzene rings is 1. The Morgan fingerprint density at radius 1 is 1.26 bits per heavy atom. The molecule has 0 bridgehead atoms.